The molecule has 0 aromatic carbocycles. The Hall–Kier alpha value is 0.652. The van der Waals surface area contributed by atoms with Crippen LogP contribution in [0.3, 0.4) is 0 Å². The molecule has 812 valence electrons. The van der Waals surface area contributed by atoms with Crippen molar-refractivity contribution < 1.29 is 83.4 Å². The monoisotopic (exact) mass is 2450 g/mol. The molecule has 146 heavy (non-hydrogen) atoms. The van der Waals surface area contributed by atoms with Gasteiger partial charge in [-0.15, -0.1) is 26.3 Å². The van der Waals surface area contributed by atoms with Crippen molar-refractivity contribution in [2.24, 2.45) is 209 Å². The SMILES string of the molecule is C=CCCC1CCC(C2(C3C4C=C(C(C)(C)C)C=CC4C4C=CC(C(C)(C)C)=CC43)CCCC2)C1.C=CCCC1CCC(C2(C3C4C=C(C(C)(C)C)C=CC4C4C=CC(C(C)(C)C)=CC43)CCCCC2)C1.C=CCCC1CCC(C2(C3C4C=CC=CC4C4C=CC=CC43)CCCC2)C1.C=CCCC1CCC(C2(C3C4C=CC=CC4C4C=CC=CC43)CCCCC2)C1.[CH3-].[CH3-].[CH3-].[CH3-].[CH3-].[CH3-].[CH3-].[CH3-].[Cl][Zr+2][Cl].[Cl][Zr+2][Cl].[Cl][Zr+2][Cl].[Cl][Zr+2][Cl]. The average Bonchev–Trinajstić information content (AvgIpc) is 1.56. The molecule has 12 heteroatoms. The molecule has 20 rings (SSSR count). The zero-order chi connectivity index (χ0) is 98.8. The fourth-order valence-corrected chi connectivity index (χ4v) is 34.8. The second-order valence-corrected chi connectivity index (χ2v) is 66.0. The molecule has 0 aromatic heterocycles. The van der Waals surface area contributed by atoms with Crippen LogP contribution in [0.2, 0.25) is 0 Å². The Bertz CT molecular complexity index is 4250. The third kappa shape index (κ3) is 31.7. The molecule has 0 aromatic rings. The third-order valence-corrected chi connectivity index (χ3v) is 40.5. The van der Waals surface area contributed by atoms with Gasteiger partial charge in [-0.25, -0.2) is 0 Å². The van der Waals surface area contributed by atoms with Gasteiger partial charge in [-0.3, -0.25) is 0 Å². The Labute approximate surface area is 978 Å². The average molecular weight is 2460 g/mol. The summed E-state index contributed by atoms with van der Waals surface area (Å²) >= 11 is -3.30. The van der Waals surface area contributed by atoms with Crippen LogP contribution in [0.25, 0.3) is 0 Å². The van der Waals surface area contributed by atoms with Crippen molar-refractivity contribution in [3.05, 3.63) is 302 Å². The van der Waals surface area contributed by atoms with Crippen LogP contribution in [-0.4, -0.2) is 0 Å². The minimum absolute atomic E-state index is 0. The first-order valence-electron chi connectivity index (χ1n) is 55.7. The van der Waals surface area contributed by atoms with Gasteiger partial charge in [-0.05, 0) is 385 Å². The van der Waals surface area contributed by atoms with Crippen LogP contribution in [0.5, 0.6) is 0 Å². The van der Waals surface area contributed by atoms with Crippen molar-refractivity contribution in [1.82, 2.24) is 0 Å². The van der Waals surface area contributed by atoms with E-state index in [-0.39, 0.29) is 81.1 Å². The van der Waals surface area contributed by atoms with E-state index in [1.54, 1.807) is 22.3 Å². The zero-order valence-corrected chi connectivity index (χ0v) is 111. The quantitative estimate of drug-likeness (QED) is 0.0842. The Morgan fingerprint density at radius 3 is 0.568 bits per heavy atom. The number of hydrogen-bond donors (Lipinski definition) is 0. The van der Waals surface area contributed by atoms with Crippen LogP contribution >= 0.6 is 68.1 Å². The molecule has 20 aliphatic rings. The van der Waals surface area contributed by atoms with Crippen LogP contribution in [0.4, 0.5) is 0 Å². The molecule has 0 bridgehead atoms. The van der Waals surface area contributed by atoms with Gasteiger partial charge in [0.1, 0.15) is 0 Å². The van der Waals surface area contributed by atoms with Crippen LogP contribution in [0, 0.1) is 268 Å². The van der Waals surface area contributed by atoms with E-state index in [1.165, 1.54) is 244 Å². The van der Waals surface area contributed by atoms with Crippen molar-refractivity contribution >= 4 is 68.1 Å². The summed E-state index contributed by atoms with van der Waals surface area (Å²) in [6, 6.07) is 0. The van der Waals surface area contributed by atoms with Gasteiger partial charge in [-0.1, -0.05) is 367 Å². The molecule has 20 aliphatic carbocycles. The predicted molar refractivity (Wildman–Crippen MR) is 642 cm³/mol. The van der Waals surface area contributed by atoms with Crippen molar-refractivity contribution in [3.8, 4) is 0 Å². The van der Waals surface area contributed by atoms with E-state index in [0.29, 0.717) is 69.0 Å². The van der Waals surface area contributed by atoms with Gasteiger partial charge in [-0.2, -0.15) is 0 Å². The molecule has 24 unspecified atom stereocenters. The van der Waals surface area contributed by atoms with Crippen LogP contribution < -0.4 is 0 Å². The Balaban J connectivity index is 0.000000326. The first kappa shape index (κ1) is 137. The Morgan fingerprint density at radius 2 is 0.397 bits per heavy atom. The van der Waals surface area contributed by atoms with Crippen LogP contribution in [0.1, 0.15) is 327 Å². The molecule has 0 nitrogen and oxygen atoms in total. The van der Waals surface area contributed by atoms with Crippen LogP contribution in [-0.2, 0) is 83.4 Å². The number of halogens is 8. The van der Waals surface area contributed by atoms with Gasteiger partial charge < -0.3 is 59.4 Å². The van der Waals surface area contributed by atoms with E-state index in [4.69, 9.17) is 68.1 Å². The van der Waals surface area contributed by atoms with E-state index in [1.807, 2.05) is 0 Å². The fraction of sp³-hybridized carbons (Fsp3) is 0.642. The molecule has 12 saturated carbocycles. The molecule has 0 saturated heterocycles. The Kier molecular flexibility index (Phi) is 59.9. The number of rotatable bonds is 20. The van der Waals surface area contributed by atoms with Gasteiger partial charge in [0.05, 0.1) is 0 Å². The molecule has 0 heterocycles. The van der Waals surface area contributed by atoms with Gasteiger partial charge in [0, 0.05) is 0 Å². The van der Waals surface area contributed by atoms with Gasteiger partial charge in [0.2, 0.25) is 0 Å². The molecular formula is C134H204Cl8Zr4. The first-order chi connectivity index (χ1) is 66.4. The summed E-state index contributed by atoms with van der Waals surface area (Å²) in [5.74, 6) is 22.4. The second kappa shape index (κ2) is 63.7. The van der Waals surface area contributed by atoms with Crippen molar-refractivity contribution in [2.45, 2.75) is 327 Å². The maximum absolute atomic E-state index is 4.93. The van der Waals surface area contributed by atoms with E-state index < -0.39 is 83.4 Å². The van der Waals surface area contributed by atoms with E-state index >= 15 is 0 Å². The summed E-state index contributed by atoms with van der Waals surface area (Å²) < 4.78 is 0. The zero-order valence-electron chi connectivity index (χ0n) is 95.4. The van der Waals surface area contributed by atoms with Crippen molar-refractivity contribution in [3.63, 3.8) is 0 Å². The van der Waals surface area contributed by atoms with E-state index in [0.717, 1.165) is 118 Å². The summed E-state index contributed by atoms with van der Waals surface area (Å²) in [7, 11) is 39.5. The van der Waals surface area contributed by atoms with E-state index in [9.17, 15) is 0 Å². The number of allylic oxidation sites excluding steroid dienone is 36. The number of fused-ring (bicyclic) bond motifs is 12. The van der Waals surface area contributed by atoms with Crippen molar-refractivity contribution in [1.29, 1.82) is 0 Å². The summed E-state index contributed by atoms with van der Waals surface area (Å²) in [5, 5.41) is 0. The van der Waals surface area contributed by atoms with Crippen molar-refractivity contribution in [2.75, 3.05) is 0 Å². The second-order valence-electron chi connectivity index (χ2n) is 51.1. The number of hydrogen-bond acceptors (Lipinski definition) is 0. The summed E-state index contributed by atoms with van der Waals surface area (Å²) in [4.78, 5) is 0. The predicted octanol–water partition coefficient (Wildman–Crippen LogP) is 44.7. The minimum atomic E-state index is -0.826. The normalized spacial score (nSPS) is 35.1. The fourth-order valence-electron chi connectivity index (χ4n) is 34.8. The van der Waals surface area contributed by atoms with Gasteiger partial charge in [0.25, 0.3) is 0 Å². The maximum atomic E-state index is 4.93. The standard InChI is InChI=1S/C36H54.C35H52.C28H38.C27H36.8CH3.8ClH.4Zr/c1-8-9-13-25-14-15-28(22-25)36(20-11-10-12-21-36)33-31-23-26(34(2,3)4)16-18-29(31)30-19-17-27(24-32(30)33)35(5,6)7;1-8-9-12-24-13-14-27(21-24)35(19-10-11-20-35)32-30-22-25(33(2,3)4)15-17-28(30)29-18-16-26(23-31(29)32)34(5,6)7;1-2-3-11-21-16-17-22(20-21)28(18-9-4-10-19-28)27-25-14-7-5-12-23(25)24-13-6-8-15-26(24)27;1-2-3-10-20-15-16-21(19-20)27(17-8-9-18-27)26-24-13-6-4-11-22(24)23-12-5-7-14-25(23)26;;;;;;;;;;;;;;;;;;;;/h8,16-19,23-25,28-33H,1,9-15,20-22H2,2-7H3;8,15-18,22-24,27-32H,1,9-14,19-21H2,2-7H3;2,5-8,12-15,21-27H,1,3-4,9-11,16-20H2;2,4-7,11-14,20-26H,1,3,8-10,15-19H2;8*1H3;8*1H;;;;/q;;;;8*-1;;;;;;;;;4*+4/p-8. The van der Waals surface area contributed by atoms with Gasteiger partial charge in [0.15, 0.2) is 0 Å². The topological polar surface area (TPSA) is 0 Å². The summed E-state index contributed by atoms with van der Waals surface area (Å²) in [6.45, 7) is 44.9. The molecule has 0 radical (unpaired) electrons. The molecule has 0 amide bonds. The van der Waals surface area contributed by atoms with Gasteiger partial charge >= 0.3 is 151 Å². The third-order valence-electron chi connectivity index (χ3n) is 40.5. The molecule has 0 aliphatic heterocycles. The molecule has 12 fully saturated rings. The van der Waals surface area contributed by atoms with E-state index in [2.05, 4.69) is 304 Å². The summed E-state index contributed by atoms with van der Waals surface area (Å²) in [5.41, 5.74) is 9.50. The molecule has 0 N–H and O–H groups in total. The molecular weight excluding hydrogens is 2260 g/mol. The molecule has 24 atom stereocenters. The molecule has 0 spiro atoms. The first-order valence-corrected chi connectivity index (χ1v) is 81.0. The Morgan fingerprint density at radius 1 is 0.240 bits per heavy atom. The summed E-state index contributed by atoms with van der Waals surface area (Å²) in [6.07, 6.45) is 134. The van der Waals surface area contributed by atoms with Crippen LogP contribution in [0.15, 0.2) is 243 Å².